The van der Waals surface area contributed by atoms with Crippen molar-refractivity contribution in [2.75, 3.05) is 26.9 Å². The normalized spacial score (nSPS) is 28.0. The third kappa shape index (κ3) is 7.88. The predicted molar refractivity (Wildman–Crippen MR) is 158 cm³/mol. The molecule has 7 nitrogen and oxygen atoms in total. The largest absolute Gasteiger partial charge is 0.497 e. The summed E-state index contributed by atoms with van der Waals surface area (Å²) < 4.78 is 24.5. The van der Waals surface area contributed by atoms with Crippen LogP contribution >= 0.6 is 0 Å². The summed E-state index contributed by atoms with van der Waals surface area (Å²) in [6.45, 7) is 6.90. The number of unbranched alkanes of at least 4 members (excludes halogenated alkanes) is 3. The smallest absolute Gasteiger partial charge is 0.162 e. The molecule has 3 aliphatic rings. The summed E-state index contributed by atoms with van der Waals surface area (Å²) >= 11 is 0. The number of allylic oxidation sites excluding steroid dienone is 3. The van der Waals surface area contributed by atoms with Crippen LogP contribution in [0, 0.1) is 23.2 Å². The Hall–Kier alpha value is -2.03. The average Bonchev–Trinajstić information content (AvgIpc) is 3.05. The molecule has 0 unspecified atom stereocenters. The van der Waals surface area contributed by atoms with Crippen molar-refractivity contribution < 1.29 is 34.0 Å². The zero-order valence-corrected chi connectivity index (χ0v) is 25.3. The van der Waals surface area contributed by atoms with Gasteiger partial charge in [-0.05, 0) is 88.0 Å². The van der Waals surface area contributed by atoms with Crippen LogP contribution in [-0.4, -0.2) is 60.9 Å². The molecule has 1 saturated carbocycles. The molecule has 2 aliphatic carbocycles. The van der Waals surface area contributed by atoms with Gasteiger partial charge in [0.1, 0.15) is 11.5 Å². The van der Waals surface area contributed by atoms with Crippen molar-refractivity contribution in [1.82, 2.24) is 0 Å². The van der Waals surface area contributed by atoms with Gasteiger partial charge in [-0.3, -0.25) is 4.79 Å². The monoisotopic (exact) mass is 570 g/mol. The molecule has 0 radical (unpaired) electrons. The molecule has 1 aromatic rings. The first kappa shape index (κ1) is 31.9. The number of fused-ring (bicyclic) bond motifs is 3. The van der Waals surface area contributed by atoms with E-state index in [1.165, 1.54) is 0 Å². The highest BCUT2D eigenvalue weighted by Gasteiger charge is 2.55. The molecule has 2 fully saturated rings. The topological polar surface area (TPSA) is 94.5 Å². The van der Waals surface area contributed by atoms with Crippen molar-refractivity contribution in [2.45, 2.75) is 96.7 Å². The van der Waals surface area contributed by atoms with E-state index in [4.69, 9.17) is 18.9 Å². The predicted octanol–water partition coefficient (Wildman–Crippen LogP) is 5.77. The first-order chi connectivity index (χ1) is 19.7. The van der Waals surface area contributed by atoms with Crippen molar-refractivity contribution in [1.29, 1.82) is 0 Å². The van der Waals surface area contributed by atoms with Gasteiger partial charge in [0, 0.05) is 11.8 Å². The van der Waals surface area contributed by atoms with Crippen LogP contribution < -0.4 is 4.74 Å². The van der Waals surface area contributed by atoms with E-state index < -0.39 is 29.3 Å². The van der Waals surface area contributed by atoms with Gasteiger partial charge in [0.25, 0.3) is 0 Å². The lowest BCUT2D eigenvalue weighted by atomic mass is 9.63. The number of aliphatic hydroxyl groups excluding tert-OH is 2. The molecule has 2 bridgehead atoms. The van der Waals surface area contributed by atoms with Crippen LogP contribution in [0.1, 0.15) is 77.7 Å². The minimum Gasteiger partial charge on any atom is -0.497 e. The Morgan fingerprint density at radius 2 is 1.85 bits per heavy atom. The summed E-state index contributed by atoms with van der Waals surface area (Å²) in [4.78, 5) is 14.0. The van der Waals surface area contributed by atoms with Crippen LogP contribution in [0.2, 0.25) is 0 Å². The van der Waals surface area contributed by atoms with E-state index in [0.717, 1.165) is 49.0 Å². The van der Waals surface area contributed by atoms with Gasteiger partial charge < -0.3 is 29.2 Å². The molecule has 41 heavy (non-hydrogen) atoms. The molecule has 7 heteroatoms. The van der Waals surface area contributed by atoms with E-state index in [-0.39, 0.29) is 24.2 Å². The molecule has 2 N–H and O–H groups in total. The highest BCUT2D eigenvalue weighted by atomic mass is 16.7. The second-order valence-corrected chi connectivity index (χ2v) is 12.6. The number of carbonyl (C=O) groups excluding carboxylic acids is 1. The number of ether oxygens (including phenoxy) is 4. The Morgan fingerprint density at radius 3 is 2.51 bits per heavy atom. The van der Waals surface area contributed by atoms with Crippen LogP contribution in [0.15, 0.2) is 48.1 Å². The average molecular weight is 571 g/mol. The zero-order chi connectivity index (χ0) is 29.5. The molecule has 1 aromatic carbocycles. The number of methoxy groups -OCH3 is 1. The fourth-order valence-corrected chi connectivity index (χ4v) is 6.81. The number of hydrogen-bond acceptors (Lipinski definition) is 7. The Labute approximate surface area is 245 Å². The molecular weight excluding hydrogens is 520 g/mol. The van der Waals surface area contributed by atoms with Crippen LogP contribution in [0.3, 0.4) is 0 Å². The van der Waals surface area contributed by atoms with Crippen LogP contribution in [-0.2, 0) is 25.6 Å². The van der Waals surface area contributed by atoms with Gasteiger partial charge in [0.05, 0.1) is 51.7 Å². The molecular formula is C34H50O7. The number of rotatable bonds is 13. The third-order valence-corrected chi connectivity index (χ3v) is 9.25. The van der Waals surface area contributed by atoms with Crippen LogP contribution in [0.25, 0.3) is 0 Å². The van der Waals surface area contributed by atoms with Gasteiger partial charge in [-0.25, -0.2) is 0 Å². The first-order valence-corrected chi connectivity index (χ1v) is 15.4. The number of aliphatic hydroxyl groups is 2. The van der Waals surface area contributed by atoms with E-state index in [0.29, 0.717) is 39.1 Å². The summed E-state index contributed by atoms with van der Waals surface area (Å²) in [6, 6.07) is 7.79. The standard InChI is InChI=1S/C34H50O7/c1-5-6-7-8-9-10-11-25-18-29-32(39-21-24-12-14-27(38-4)15-13-24)31(28(25)19-26(36)20-35)30(37)16-17-34(29)22-40-33(2,3)41-23-34/h5-6,12-15,18,25-26,28,31-32,35-36H,7-11,16-17,19-23H2,1-4H3/b6-5+/t25-,26+,28+,31+,32-/m1/s1. The Morgan fingerprint density at radius 1 is 1.12 bits per heavy atom. The highest BCUT2D eigenvalue weighted by molar-refractivity contribution is 5.83. The Balaban J connectivity index is 1.68. The van der Waals surface area contributed by atoms with Gasteiger partial charge in [-0.2, -0.15) is 0 Å². The summed E-state index contributed by atoms with van der Waals surface area (Å²) in [5.41, 5.74) is 1.68. The van der Waals surface area contributed by atoms with Gasteiger partial charge in [-0.1, -0.05) is 43.2 Å². The SMILES string of the molecule is C/C=C/CCCCC[C@@H]1C=C2[C@@H](OCc3ccc(OC)cc3)[C@H](C(=O)CCC23COC(C)(C)OC3)[C@H]1C[C@H](O)CO. The zero-order valence-electron chi connectivity index (χ0n) is 25.3. The molecule has 1 heterocycles. The number of benzene rings is 1. The fourth-order valence-electron chi connectivity index (χ4n) is 6.81. The van der Waals surface area contributed by atoms with Gasteiger partial charge in [0.15, 0.2) is 5.79 Å². The van der Waals surface area contributed by atoms with Crippen molar-refractivity contribution in [3.8, 4) is 5.75 Å². The minimum absolute atomic E-state index is 0.104. The van der Waals surface area contributed by atoms with E-state index in [1.807, 2.05) is 45.0 Å². The van der Waals surface area contributed by atoms with Crippen LogP contribution in [0.5, 0.6) is 5.75 Å². The quantitative estimate of drug-likeness (QED) is 0.230. The van der Waals surface area contributed by atoms with E-state index in [9.17, 15) is 15.0 Å². The molecule has 5 atom stereocenters. The molecule has 1 aliphatic heterocycles. The number of carbonyl (C=O) groups is 1. The molecule has 4 rings (SSSR count). The minimum atomic E-state index is -0.874. The summed E-state index contributed by atoms with van der Waals surface area (Å²) in [5.74, 6) is -0.116. The summed E-state index contributed by atoms with van der Waals surface area (Å²) in [5, 5.41) is 20.4. The second kappa shape index (κ2) is 14.4. The maximum atomic E-state index is 14.0. The van der Waals surface area contributed by atoms with Crippen LogP contribution in [0.4, 0.5) is 0 Å². The van der Waals surface area contributed by atoms with Gasteiger partial charge in [0.2, 0.25) is 0 Å². The Bertz CT molecular complexity index is 1030. The molecule has 0 amide bonds. The number of hydrogen-bond donors (Lipinski definition) is 2. The van der Waals surface area contributed by atoms with E-state index in [2.05, 4.69) is 18.2 Å². The number of ketones is 1. The molecule has 1 spiro atoms. The highest BCUT2D eigenvalue weighted by Crippen LogP contribution is 2.53. The van der Waals surface area contributed by atoms with E-state index in [1.54, 1.807) is 7.11 Å². The maximum Gasteiger partial charge on any atom is 0.162 e. The van der Waals surface area contributed by atoms with Crippen molar-refractivity contribution >= 4 is 5.78 Å². The maximum absolute atomic E-state index is 14.0. The van der Waals surface area contributed by atoms with E-state index >= 15 is 0 Å². The molecule has 0 aromatic heterocycles. The fraction of sp³-hybridized carbons (Fsp3) is 0.676. The second-order valence-electron chi connectivity index (χ2n) is 12.6. The Kier molecular flexibility index (Phi) is 11.2. The third-order valence-electron chi connectivity index (χ3n) is 9.25. The summed E-state index contributed by atoms with van der Waals surface area (Å²) in [7, 11) is 1.64. The summed E-state index contributed by atoms with van der Waals surface area (Å²) in [6.07, 6.45) is 12.1. The lowest BCUT2D eigenvalue weighted by molar-refractivity contribution is -0.281. The number of Topliss-reactive ketones (excluding diaryl/α,β-unsaturated/α-hetero) is 1. The molecule has 1 saturated heterocycles. The lowest BCUT2D eigenvalue weighted by Crippen LogP contribution is -2.52. The van der Waals surface area contributed by atoms with Crippen molar-refractivity contribution in [2.24, 2.45) is 23.2 Å². The lowest BCUT2D eigenvalue weighted by Gasteiger charge is -2.49. The van der Waals surface area contributed by atoms with Crippen molar-refractivity contribution in [3.63, 3.8) is 0 Å². The first-order valence-electron chi connectivity index (χ1n) is 15.4. The molecule has 228 valence electrons. The van der Waals surface area contributed by atoms with Crippen molar-refractivity contribution in [3.05, 3.63) is 53.6 Å². The van der Waals surface area contributed by atoms with Gasteiger partial charge >= 0.3 is 0 Å². The van der Waals surface area contributed by atoms with Gasteiger partial charge in [-0.15, -0.1) is 0 Å².